The van der Waals surface area contributed by atoms with Crippen molar-refractivity contribution in [1.82, 2.24) is 0 Å². The Morgan fingerprint density at radius 1 is 1.12 bits per heavy atom. The predicted octanol–water partition coefficient (Wildman–Crippen LogP) is 3.03. The normalized spacial score (nSPS) is 21.6. The summed E-state index contributed by atoms with van der Waals surface area (Å²) in [4.78, 5) is 11.3. The van der Waals surface area contributed by atoms with E-state index in [4.69, 9.17) is 4.74 Å². The second-order valence-electron chi connectivity index (χ2n) is 4.54. The summed E-state index contributed by atoms with van der Waals surface area (Å²) in [5.41, 5.74) is 2.23. The first-order valence-electron chi connectivity index (χ1n) is 5.76. The van der Waals surface area contributed by atoms with Crippen LogP contribution >= 0.6 is 0 Å². The van der Waals surface area contributed by atoms with Crippen molar-refractivity contribution < 1.29 is 9.53 Å². The highest BCUT2D eigenvalue weighted by atomic mass is 16.5. The molecule has 1 heterocycles. The van der Waals surface area contributed by atoms with E-state index in [1.807, 2.05) is 18.2 Å². The zero-order valence-corrected chi connectivity index (χ0v) is 9.11. The molecule has 1 aromatic rings. The molecule has 1 aliphatic carbocycles. The molecule has 0 bridgehead atoms. The highest BCUT2D eigenvalue weighted by Crippen LogP contribution is 2.43. The molecule has 0 aromatic heterocycles. The summed E-state index contributed by atoms with van der Waals surface area (Å²) in [6.07, 6.45) is 6.68. The molecule has 3 rings (SSSR count). The molecule has 0 N–H and O–H groups in total. The van der Waals surface area contributed by atoms with E-state index < -0.39 is 0 Å². The lowest BCUT2D eigenvalue weighted by Crippen LogP contribution is -2.35. The van der Waals surface area contributed by atoms with E-state index in [0.29, 0.717) is 18.6 Å². The van der Waals surface area contributed by atoms with Gasteiger partial charge >= 0.3 is 0 Å². The van der Waals surface area contributed by atoms with Gasteiger partial charge in [0, 0.05) is 18.4 Å². The fourth-order valence-corrected chi connectivity index (χ4v) is 2.68. The zero-order valence-electron chi connectivity index (χ0n) is 9.11. The van der Waals surface area contributed by atoms with Crippen molar-refractivity contribution in [1.29, 1.82) is 0 Å². The Hall–Kier alpha value is -1.57. The van der Waals surface area contributed by atoms with Gasteiger partial charge in [0.15, 0.2) is 0 Å². The Bertz CT molecular complexity index is 450. The molecular formula is C14H14O2. The summed E-state index contributed by atoms with van der Waals surface area (Å²) in [5.74, 6) is 0.362. The number of Topliss-reactive ketones (excluding diaryl/α,β-unsaturated/α-hetero) is 1. The van der Waals surface area contributed by atoms with Crippen LogP contribution in [0.15, 0.2) is 30.5 Å². The Kier molecular flexibility index (Phi) is 2.10. The van der Waals surface area contributed by atoms with Crippen LogP contribution in [0.3, 0.4) is 0 Å². The first-order valence-corrected chi connectivity index (χ1v) is 5.76. The summed E-state index contributed by atoms with van der Waals surface area (Å²) in [6, 6.07) is 8.30. The van der Waals surface area contributed by atoms with Crippen LogP contribution in [0.2, 0.25) is 0 Å². The molecule has 1 spiro atoms. The van der Waals surface area contributed by atoms with Crippen molar-refractivity contribution in [2.75, 3.05) is 0 Å². The van der Waals surface area contributed by atoms with E-state index in [0.717, 1.165) is 12.8 Å². The SMILES string of the molecule is O=C1CCC2(CC1)OC=Cc1ccccc12. The van der Waals surface area contributed by atoms with Gasteiger partial charge in [0.25, 0.3) is 0 Å². The maximum absolute atomic E-state index is 11.3. The van der Waals surface area contributed by atoms with Crippen molar-refractivity contribution in [2.45, 2.75) is 31.3 Å². The average molecular weight is 214 g/mol. The van der Waals surface area contributed by atoms with Crippen molar-refractivity contribution in [2.24, 2.45) is 0 Å². The molecule has 16 heavy (non-hydrogen) atoms. The van der Waals surface area contributed by atoms with Gasteiger partial charge in [0.1, 0.15) is 11.4 Å². The Balaban J connectivity index is 2.03. The Morgan fingerprint density at radius 2 is 1.88 bits per heavy atom. The zero-order chi connectivity index (χ0) is 11.0. The van der Waals surface area contributed by atoms with Gasteiger partial charge in [-0.1, -0.05) is 24.3 Å². The minimum Gasteiger partial charge on any atom is -0.490 e. The van der Waals surface area contributed by atoms with Crippen LogP contribution in [0, 0.1) is 0 Å². The largest absolute Gasteiger partial charge is 0.490 e. The van der Waals surface area contributed by atoms with E-state index in [9.17, 15) is 4.79 Å². The molecule has 0 atom stereocenters. The van der Waals surface area contributed by atoms with Gasteiger partial charge in [-0.15, -0.1) is 0 Å². The molecule has 1 aliphatic heterocycles. The van der Waals surface area contributed by atoms with Crippen molar-refractivity contribution in [3.05, 3.63) is 41.7 Å². The van der Waals surface area contributed by atoms with Crippen molar-refractivity contribution in [3.63, 3.8) is 0 Å². The number of hydrogen-bond acceptors (Lipinski definition) is 2. The third-order valence-electron chi connectivity index (χ3n) is 3.61. The monoisotopic (exact) mass is 214 g/mol. The molecule has 82 valence electrons. The summed E-state index contributed by atoms with van der Waals surface area (Å²) in [5, 5.41) is 0. The fourth-order valence-electron chi connectivity index (χ4n) is 2.68. The molecule has 1 fully saturated rings. The Labute approximate surface area is 94.9 Å². The lowest BCUT2D eigenvalue weighted by molar-refractivity contribution is -0.126. The van der Waals surface area contributed by atoms with Crippen LogP contribution in [0.1, 0.15) is 36.8 Å². The quantitative estimate of drug-likeness (QED) is 0.663. The molecule has 2 nitrogen and oxygen atoms in total. The molecule has 2 heteroatoms. The summed E-state index contributed by atoms with van der Waals surface area (Å²) in [7, 11) is 0. The molecule has 0 amide bonds. The highest BCUT2D eigenvalue weighted by Gasteiger charge is 2.40. The maximum atomic E-state index is 11.3. The van der Waals surface area contributed by atoms with E-state index in [2.05, 4.69) is 12.1 Å². The van der Waals surface area contributed by atoms with Gasteiger partial charge in [0.2, 0.25) is 0 Å². The van der Waals surface area contributed by atoms with Gasteiger partial charge in [-0.2, -0.15) is 0 Å². The summed E-state index contributed by atoms with van der Waals surface area (Å²) < 4.78 is 5.85. The topological polar surface area (TPSA) is 26.3 Å². The van der Waals surface area contributed by atoms with E-state index in [1.54, 1.807) is 6.26 Å². The lowest BCUT2D eigenvalue weighted by Gasteiger charge is -2.39. The van der Waals surface area contributed by atoms with Crippen molar-refractivity contribution in [3.8, 4) is 0 Å². The number of carbonyl (C=O) groups is 1. The van der Waals surface area contributed by atoms with Crippen LogP contribution < -0.4 is 0 Å². The third kappa shape index (κ3) is 1.37. The summed E-state index contributed by atoms with van der Waals surface area (Å²) >= 11 is 0. The van der Waals surface area contributed by atoms with E-state index >= 15 is 0 Å². The third-order valence-corrected chi connectivity index (χ3v) is 3.61. The number of benzene rings is 1. The molecule has 1 saturated carbocycles. The van der Waals surface area contributed by atoms with Crippen LogP contribution in [0.25, 0.3) is 6.08 Å². The number of rotatable bonds is 0. The predicted molar refractivity (Wildman–Crippen MR) is 61.7 cm³/mol. The maximum Gasteiger partial charge on any atom is 0.134 e. The first kappa shape index (κ1) is 9.64. The van der Waals surface area contributed by atoms with Crippen LogP contribution in [-0.4, -0.2) is 5.78 Å². The molecule has 0 unspecified atom stereocenters. The highest BCUT2D eigenvalue weighted by molar-refractivity contribution is 5.79. The van der Waals surface area contributed by atoms with E-state index in [1.165, 1.54) is 11.1 Å². The number of hydrogen-bond donors (Lipinski definition) is 0. The van der Waals surface area contributed by atoms with Gasteiger partial charge in [-0.3, -0.25) is 4.79 Å². The first-order chi connectivity index (χ1) is 7.80. The standard InChI is InChI=1S/C14H14O2/c15-12-5-8-14(9-6-12)13-4-2-1-3-11(13)7-10-16-14/h1-4,7,10H,5-6,8-9H2. The van der Waals surface area contributed by atoms with Crippen LogP contribution in [-0.2, 0) is 15.1 Å². The van der Waals surface area contributed by atoms with Gasteiger partial charge < -0.3 is 4.74 Å². The second kappa shape index (κ2) is 3.48. The van der Waals surface area contributed by atoms with Gasteiger partial charge in [-0.25, -0.2) is 0 Å². The second-order valence-corrected chi connectivity index (χ2v) is 4.54. The van der Waals surface area contributed by atoms with Crippen LogP contribution in [0.5, 0.6) is 0 Å². The average Bonchev–Trinajstić information content (AvgIpc) is 2.34. The molecule has 0 saturated heterocycles. The smallest absolute Gasteiger partial charge is 0.134 e. The van der Waals surface area contributed by atoms with Crippen LogP contribution in [0.4, 0.5) is 0 Å². The fraction of sp³-hybridized carbons (Fsp3) is 0.357. The minimum atomic E-state index is -0.237. The van der Waals surface area contributed by atoms with E-state index in [-0.39, 0.29) is 5.60 Å². The Morgan fingerprint density at radius 3 is 2.69 bits per heavy atom. The molecular weight excluding hydrogens is 200 g/mol. The number of carbonyl (C=O) groups excluding carboxylic acids is 1. The molecule has 0 radical (unpaired) electrons. The molecule has 2 aliphatic rings. The number of fused-ring (bicyclic) bond motifs is 2. The minimum absolute atomic E-state index is 0.237. The van der Waals surface area contributed by atoms with Gasteiger partial charge in [-0.05, 0) is 24.5 Å². The molecule has 1 aromatic carbocycles. The number of ketones is 1. The van der Waals surface area contributed by atoms with Crippen molar-refractivity contribution >= 4 is 11.9 Å². The summed E-state index contributed by atoms with van der Waals surface area (Å²) in [6.45, 7) is 0. The lowest BCUT2D eigenvalue weighted by atomic mass is 9.76. The van der Waals surface area contributed by atoms with Gasteiger partial charge in [0.05, 0.1) is 6.26 Å². The number of ether oxygens (including phenoxy) is 1.